The molecule has 0 spiro atoms. The van der Waals surface area contributed by atoms with Crippen molar-refractivity contribution in [1.29, 1.82) is 0 Å². The number of imidazole rings is 1. The van der Waals surface area contributed by atoms with Crippen molar-refractivity contribution >= 4 is 28.3 Å². The van der Waals surface area contributed by atoms with Crippen molar-refractivity contribution in [1.82, 2.24) is 14.5 Å². The third-order valence-electron chi connectivity index (χ3n) is 3.50. The number of thiazole rings is 1. The molecule has 1 aromatic carbocycles. The van der Waals surface area contributed by atoms with Gasteiger partial charge < -0.3 is 9.67 Å². The zero-order valence-electron chi connectivity index (χ0n) is 12.0. The highest BCUT2D eigenvalue weighted by Crippen LogP contribution is 2.28. The normalized spacial score (nSPS) is 12.7. The van der Waals surface area contributed by atoms with Gasteiger partial charge in [-0.1, -0.05) is 0 Å². The SMILES string of the molecule is Cc1cnc(C(C)n2c(C)nc3cc(C(=O)O)ccc32)s1. The quantitative estimate of drug-likeness (QED) is 0.805. The Hall–Kier alpha value is -2.21. The first-order chi connectivity index (χ1) is 9.97. The lowest BCUT2D eigenvalue weighted by Gasteiger charge is -2.13. The van der Waals surface area contributed by atoms with Crippen LogP contribution in [0.4, 0.5) is 0 Å². The van der Waals surface area contributed by atoms with Crippen molar-refractivity contribution in [2.24, 2.45) is 0 Å². The Morgan fingerprint density at radius 1 is 1.38 bits per heavy atom. The summed E-state index contributed by atoms with van der Waals surface area (Å²) < 4.78 is 2.10. The predicted molar refractivity (Wildman–Crippen MR) is 82.1 cm³/mol. The van der Waals surface area contributed by atoms with E-state index < -0.39 is 5.97 Å². The zero-order valence-corrected chi connectivity index (χ0v) is 12.8. The Morgan fingerprint density at radius 3 is 2.76 bits per heavy atom. The second kappa shape index (κ2) is 4.96. The van der Waals surface area contributed by atoms with Crippen molar-refractivity contribution in [2.75, 3.05) is 0 Å². The molecule has 1 atom stereocenters. The summed E-state index contributed by atoms with van der Waals surface area (Å²) in [5.41, 5.74) is 1.88. The van der Waals surface area contributed by atoms with Crippen LogP contribution in [0, 0.1) is 13.8 Å². The number of carbonyl (C=O) groups is 1. The summed E-state index contributed by atoms with van der Waals surface area (Å²) in [4.78, 5) is 21.2. The summed E-state index contributed by atoms with van der Waals surface area (Å²) in [5, 5.41) is 10.1. The van der Waals surface area contributed by atoms with Crippen LogP contribution in [0.2, 0.25) is 0 Å². The predicted octanol–water partition coefficient (Wildman–Crippen LogP) is 3.42. The zero-order chi connectivity index (χ0) is 15.1. The van der Waals surface area contributed by atoms with Gasteiger partial charge in [0.25, 0.3) is 0 Å². The van der Waals surface area contributed by atoms with E-state index in [9.17, 15) is 4.79 Å². The highest BCUT2D eigenvalue weighted by Gasteiger charge is 2.18. The van der Waals surface area contributed by atoms with Crippen LogP contribution < -0.4 is 0 Å². The number of aryl methyl sites for hydroxylation is 2. The van der Waals surface area contributed by atoms with Gasteiger partial charge >= 0.3 is 5.97 Å². The molecule has 3 aromatic rings. The van der Waals surface area contributed by atoms with E-state index >= 15 is 0 Å². The Balaban J connectivity index is 2.14. The smallest absolute Gasteiger partial charge is 0.335 e. The molecule has 6 heteroatoms. The Labute approximate surface area is 125 Å². The van der Waals surface area contributed by atoms with Gasteiger partial charge in [0, 0.05) is 11.1 Å². The van der Waals surface area contributed by atoms with Crippen LogP contribution in [0.25, 0.3) is 11.0 Å². The third-order valence-corrected chi connectivity index (χ3v) is 4.58. The Kier molecular flexibility index (Phi) is 3.25. The summed E-state index contributed by atoms with van der Waals surface area (Å²) in [6, 6.07) is 5.11. The van der Waals surface area contributed by atoms with Crippen LogP contribution in [0.1, 0.15) is 39.0 Å². The number of hydrogen-bond acceptors (Lipinski definition) is 4. The maximum absolute atomic E-state index is 11.1. The van der Waals surface area contributed by atoms with Crippen molar-refractivity contribution in [3.63, 3.8) is 0 Å². The molecule has 2 heterocycles. The number of rotatable bonds is 3. The fourth-order valence-corrected chi connectivity index (χ4v) is 3.33. The average molecular weight is 301 g/mol. The van der Waals surface area contributed by atoms with Crippen molar-refractivity contribution in [3.05, 3.63) is 45.7 Å². The number of fused-ring (bicyclic) bond motifs is 1. The molecule has 3 rings (SSSR count). The maximum Gasteiger partial charge on any atom is 0.335 e. The van der Waals surface area contributed by atoms with Gasteiger partial charge in [0.2, 0.25) is 0 Å². The first-order valence-corrected chi connectivity index (χ1v) is 7.43. The van der Waals surface area contributed by atoms with E-state index in [1.807, 2.05) is 26.1 Å². The minimum atomic E-state index is -0.937. The minimum absolute atomic E-state index is 0.0735. The number of aromatic nitrogens is 3. The summed E-state index contributed by atoms with van der Waals surface area (Å²) in [6.07, 6.45) is 1.87. The van der Waals surface area contributed by atoms with Crippen molar-refractivity contribution in [3.8, 4) is 0 Å². The molecule has 0 aliphatic heterocycles. The van der Waals surface area contributed by atoms with Gasteiger partial charge in [0.05, 0.1) is 22.6 Å². The van der Waals surface area contributed by atoms with Gasteiger partial charge in [-0.3, -0.25) is 0 Å². The van der Waals surface area contributed by atoms with E-state index in [1.165, 1.54) is 4.88 Å². The van der Waals surface area contributed by atoms with Crippen LogP contribution in [-0.4, -0.2) is 25.6 Å². The van der Waals surface area contributed by atoms with Crippen LogP contribution in [0.3, 0.4) is 0 Å². The molecule has 1 N–H and O–H groups in total. The molecule has 21 heavy (non-hydrogen) atoms. The highest BCUT2D eigenvalue weighted by atomic mass is 32.1. The van der Waals surface area contributed by atoms with Crippen LogP contribution in [0.15, 0.2) is 24.4 Å². The lowest BCUT2D eigenvalue weighted by atomic mass is 10.2. The lowest BCUT2D eigenvalue weighted by molar-refractivity contribution is 0.0697. The number of carboxylic acids is 1. The molecule has 0 amide bonds. The van der Waals surface area contributed by atoms with Crippen LogP contribution >= 0.6 is 11.3 Å². The summed E-state index contributed by atoms with van der Waals surface area (Å²) in [5.74, 6) is -0.0828. The van der Waals surface area contributed by atoms with Gasteiger partial charge in [-0.05, 0) is 39.0 Å². The molecule has 0 saturated heterocycles. The number of carboxylic acid groups (broad SMARTS) is 1. The number of hydrogen-bond donors (Lipinski definition) is 1. The van der Waals surface area contributed by atoms with Gasteiger partial charge in [-0.2, -0.15) is 0 Å². The van der Waals surface area contributed by atoms with Crippen LogP contribution in [-0.2, 0) is 0 Å². The van der Waals surface area contributed by atoms with E-state index in [2.05, 4.69) is 21.5 Å². The number of nitrogens with zero attached hydrogens (tertiary/aromatic N) is 3. The van der Waals surface area contributed by atoms with E-state index in [4.69, 9.17) is 5.11 Å². The lowest BCUT2D eigenvalue weighted by Crippen LogP contribution is -2.08. The molecule has 2 aromatic heterocycles. The minimum Gasteiger partial charge on any atom is -0.478 e. The molecule has 108 valence electrons. The highest BCUT2D eigenvalue weighted by molar-refractivity contribution is 7.11. The molecule has 0 fully saturated rings. The van der Waals surface area contributed by atoms with E-state index in [1.54, 1.807) is 23.5 Å². The average Bonchev–Trinajstić information content (AvgIpc) is 2.99. The number of aromatic carboxylic acids is 1. The van der Waals surface area contributed by atoms with E-state index in [0.29, 0.717) is 5.52 Å². The standard InChI is InChI=1S/C15H15N3O2S/c1-8-7-16-14(21-8)9(2)18-10(3)17-12-6-11(15(19)20)4-5-13(12)18/h4-7,9H,1-3H3,(H,19,20). The van der Waals surface area contributed by atoms with Crippen molar-refractivity contribution in [2.45, 2.75) is 26.8 Å². The monoisotopic (exact) mass is 301 g/mol. The molecule has 1 unspecified atom stereocenters. The summed E-state index contributed by atoms with van der Waals surface area (Å²) >= 11 is 1.67. The molecule has 0 aliphatic rings. The van der Waals surface area contributed by atoms with Gasteiger partial charge in [-0.15, -0.1) is 11.3 Å². The first kappa shape index (κ1) is 13.8. The van der Waals surface area contributed by atoms with Crippen molar-refractivity contribution < 1.29 is 9.90 Å². The fourth-order valence-electron chi connectivity index (χ4n) is 2.52. The largest absolute Gasteiger partial charge is 0.478 e. The summed E-state index contributed by atoms with van der Waals surface area (Å²) in [6.45, 7) is 6.04. The van der Waals surface area contributed by atoms with E-state index in [0.717, 1.165) is 16.3 Å². The second-order valence-corrected chi connectivity index (χ2v) is 6.29. The second-order valence-electron chi connectivity index (χ2n) is 5.02. The van der Waals surface area contributed by atoms with Gasteiger partial charge in [0.1, 0.15) is 10.8 Å². The van der Waals surface area contributed by atoms with Crippen LogP contribution in [0.5, 0.6) is 0 Å². The molecule has 5 nitrogen and oxygen atoms in total. The van der Waals surface area contributed by atoms with Gasteiger partial charge in [0.15, 0.2) is 0 Å². The molecular weight excluding hydrogens is 286 g/mol. The Morgan fingerprint density at radius 2 is 2.14 bits per heavy atom. The molecule has 0 aliphatic carbocycles. The molecule has 0 saturated carbocycles. The first-order valence-electron chi connectivity index (χ1n) is 6.61. The van der Waals surface area contributed by atoms with Gasteiger partial charge in [-0.25, -0.2) is 14.8 Å². The van der Waals surface area contributed by atoms with E-state index in [-0.39, 0.29) is 11.6 Å². The molecule has 0 bridgehead atoms. The summed E-state index contributed by atoms with van der Waals surface area (Å²) in [7, 11) is 0. The topological polar surface area (TPSA) is 68.0 Å². The molecule has 0 radical (unpaired) electrons. The maximum atomic E-state index is 11.1. The third kappa shape index (κ3) is 2.31. The fraction of sp³-hybridized carbons (Fsp3) is 0.267. The Bertz CT molecular complexity index is 835. The number of benzene rings is 1. The molecular formula is C15H15N3O2S.